The van der Waals surface area contributed by atoms with Crippen LogP contribution in [0.25, 0.3) is 0 Å². The minimum atomic E-state index is -6.20. The van der Waals surface area contributed by atoms with Gasteiger partial charge in [0.05, 0.1) is 0 Å². The van der Waals surface area contributed by atoms with E-state index in [4.69, 9.17) is 0 Å². The Morgan fingerprint density at radius 2 is 0.792 bits per heavy atom. The third-order valence-electron chi connectivity index (χ3n) is 4.66. The van der Waals surface area contributed by atoms with Crippen LogP contribution in [0.4, 0.5) is 43.9 Å². The van der Waals surface area contributed by atoms with Gasteiger partial charge in [-0.15, -0.1) is 0 Å². The molecule has 2 unspecified atom stereocenters. The van der Waals surface area contributed by atoms with Crippen molar-refractivity contribution >= 4 is 0 Å². The van der Waals surface area contributed by atoms with Gasteiger partial charge in [-0.1, -0.05) is 0 Å². The lowest BCUT2D eigenvalue weighted by Gasteiger charge is -2.52. The van der Waals surface area contributed by atoms with Crippen LogP contribution in [0.2, 0.25) is 0 Å². The molecule has 3 aliphatic carbocycles. The molecule has 0 radical (unpaired) electrons. The molecular formula is C14H6F10. The molecule has 1 aromatic carbocycles. The normalized spacial score (nSPS) is 33.0. The second-order valence-electron chi connectivity index (χ2n) is 5.72. The van der Waals surface area contributed by atoms with Crippen LogP contribution >= 0.6 is 0 Å². The van der Waals surface area contributed by atoms with E-state index in [2.05, 4.69) is 0 Å². The maximum absolute atomic E-state index is 14.7. The number of hydrogen-bond acceptors (Lipinski definition) is 0. The summed E-state index contributed by atoms with van der Waals surface area (Å²) in [6.45, 7) is 1.53. The van der Waals surface area contributed by atoms with E-state index in [-0.39, 0.29) is 0 Å². The summed E-state index contributed by atoms with van der Waals surface area (Å²) in [5.74, 6) is -23.0. The van der Waals surface area contributed by atoms with Gasteiger partial charge in [0.1, 0.15) is 11.6 Å². The average molecular weight is 364 g/mol. The van der Waals surface area contributed by atoms with E-state index in [0.29, 0.717) is 0 Å². The van der Waals surface area contributed by atoms with E-state index < -0.39 is 68.7 Å². The number of rotatable bonds is 0. The number of benzene rings is 1. The summed E-state index contributed by atoms with van der Waals surface area (Å²) < 4.78 is 141. The second-order valence-corrected chi connectivity index (χ2v) is 5.72. The first kappa shape index (κ1) is 17.1. The molecule has 0 spiro atoms. The summed E-state index contributed by atoms with van der Waals surface area (Å²) in [6, 6.07) is 0. The minimum absolute atomic E-state index is 0.763. The van der Waals surface area contributed by atoms with Gasteiger partial charge in [0, 0.05) is 11.1 Å². The molecule has 0 N–H and O–H groups in total. The smallest absolute Gasteiger partial charge is 0.223 e. The third kappa shape index (κ3) is 1.26. The maximum Gasteiger partial charge on any atom is 0.358 e. The molecule has 132 valence electrons. The van der Waals surface area contributed by atoms with E-state index in [1.165, 1.54) is 0 Å². The van der Waals surface area contributed by atoms with Crippen molar-refractivity contribution in [3.05, 3.63) is 45.5 Å². The SMILES string of the molecule is Cc1c(C)c(F)c2c(c1F)C1(F)C(F)=C(F)C2(F)C(F)(F)C1(F)F. The third-order valence-corrected chi connectivity index (χ3v) is 4.66. The number of hydrogen-bond donors (Lipinski definition) is 0. The van der Waals surface area contributed by atoms with E-state index in [0.717, 1.165) is 13.8 Å². The van der Waals surface area contributed by atoms with Crippen molar-refractivity contribution in [2.24, 2.45) is 0 Å². The molecule has 4 rings (SSSR count). The Bertz CT molecular complexity index is 757. The molecule has 24 heavy (non-hydrogen) atoms. The molecule has 0 aromatic heterocycles. The number of allylic oxidation sites excluding steroid dienone is 2. The summed E-state index contributed by atoms with van der Waals surface area (Å²) in [5, 5.41) is 0. The fourth-order valence-corrected chi connectivity index (χ4v) is 3.11. The van der Waals surface area contributed by atoms with Gasteiger partial charge in [0.25, 0.3) is 11.3 Å². The van der Waals surface area contributed by atoms with Crippen LogP contribution in [-0.2, 0) is 11.3 Å². The van der Waals surface area contributed by atoms with E-state index in [9.17, 15) is 43.9 Å². The van der Waals surface area contributed by atoms with Crippen LogP contribution in [0.1, 0.15) is 22.3 Å². The molecular weight excluding hydrogens is 358 g/mol. The highest BCUT2D eigenvalue weighted by molar-refractivity contribution is 5.61. The van der Waals surface area contributed by atoms with Gasteiger partial charge in [0.15, 0.2) is 11.7 Å². The van der Waals surface area contributed by atoms with Crippen LogP contribution in [-0.4, -0.2) is 11.8 Å². The first-order chi connectivity index (χ1) is 10.7. The van der Waals surface area contributed by atoms with Gasteiger partial charge in [-0.05, 0) is 25.0 Å². The molecule has 0 aliphatic heterocycles. The molecule has 0 heterocycles. The Kier molecular flexibility index (Phi) is 2.90. The number of alkyl halides is 6. The molecule has 2 atom stereocenters. The molecule has 0 saturated heterocycles. The first-order valence-corrected chi connectivity index (χ1v) is 6.39. The average Bonchev–Trinajstić information content (AvgIpc) is 2.50. The topological polar surface area (TPSA) is 0 Å². The molecule has 0 nitrogen and oxygen atoms in total. The lowest BCUT2D eigenvalue weighted by atomic mass is 9.61. The maximum atomic E-state index is 14.7. The van der Waals surface area contributed by atoms with Crippen molar-refractivity contribution in [3.63, 3.8) is 0 Å². The van der Waals surface area contributed by atoms with E-state index in [1.54, 1.807) is 0 Å². The van der Waals surface area contributed by atoms with Gasteiger partial charge >= 0.3 is 11.8 Å². The molecule has 3 aliphatic rings. The van der Waals surface area contributed by atoms with Crippen molar-refractivity contribution in [1.82, 2.24) is 0 Å². The summed E-state index contributed by atoms with van der Waals surface area (Å²) in [4.78, 5) is 0. The lowest BCUT2D eigenvalue weighted by Crippen LogP contribution is -2.71. The lowest BCUT2D eigenvalue weighted by molar-refractivity contribution is -0.337. The predicted octanol–water partition coefficient (Wildman–Crippen LogP) is 5.36. The summed E-state index contributed by atoms with van der Waals surface area (Å²) in [7, 11) is 0. The van der Waals surface area contributed by atoms with Crippen molar-refractivity contribution in [1.29, 1.82) is 0 Å². The predicted molar refractivity (Wildman–Crippen MR) is 60.5 cm³/mol. The molecule has 0 amide bonds. The second kappa shape index (κ2) is 4.08. The highest BCUT2D eigenvalue weighted by Gasteiger charge is 2.90. The largest absolute Gasteiger partial charge is 0.358 e. The highest BCUT2D eigenvalue weighted by Crippen LogP contribution is 2.73. The Balaban J connectivity index is 2.68. The highest BCUT2D eigenvalue weighted by atomic mass is 19.3. The number of fused-ring (bicyclic) bond motifs is 1. The van der Waals surface area contributed by atoms with E-state index in [1.807, 2.05) is 0 Å². The van der Waals surface area contributed by atoms with Gasteiger partial charge in [0.2, 0.25) is 0 Å². The Morgan fingerprint density at radius 1 is 0.542 bits per heavy atom. The van der Waals surface area contributed by atoms with Crippen molar-refractivity contribution in [3.8, 4) is 0 Å². The van der Waals surface area contributed by atoms with Crippen LogP contribution in [0.3, 0.4) is 0 Å². The molecule has 1 aromatic rings. The molecule has 2 bridgehead atoms. The Labute approximate surface area is 127 Å². The Hall–Kier alpha value is -1.74. The molecule has 0 fully saturated rings. The standard InChI is InChI=1S/C14H6F10/c1-3-4(2)8(16)6-5(7(3)15)11(19)9(17)10(18)12(6,20)14(23,24)13(11,21)22/h1-2H3. The zero-order chi connectivity index (χ0) is 18.6. The van der Waals surface area contributed by atoms with Crippen molar-refractivity contribution in [2.45, 2.75) is 37.0 Å². The van der Waals surface area contributed by atoms with Crippen LogP contribution < -0.4 is 0 Å². The monoisotopic (exact) mass is 364 g/mol. The Morgan fingerprint density at radius 3 is 1.04 bits per heavy atom. The number of halogens is 10. The minimum Gasteiger partial charge on any atom is -0.223 e. The molecule has 10 heteroatoms. The van der Waals surface area contributed by atoms with Gasteiger partial charge in [-0.2, -0.15) is 17.6 Å². The first-order valence-electron chi connectivity index (χ1n) is 6.39. The quantitative estimate of drug-likeness (QED) is 0.544. The van der Waals surface area contributed by atoms with Crippen molar-refractivity contribution < 1.29 is 43.9 Å². The summed E-state index contributed by atoms with van der Waals surface area (Å²) >= 11 is 0. The van der Waals surface area contributed by atoms with Gasteiger partial charge in [-0.25, -0.2) is 26.3 Å². The fraction of sp³-hybridized carbons (Fsp3) is 0.429. The van der Waals surface area contributed by atoms with Crippen LogP contribution in [0.5, 0.6) is 0 Å². The summed E-state index contributed by atoms with van der Waals surface area (Å²) in [5.41, 5.74) is -17.0. The van der Waals surface area contributed by atoms with Gasteiger partial charge < -0.3 is 0 Å². The zero-order valence-electron chi connectivity index (χ0n) is 11.8. The van der Waals surface area contributed by atoms with Gasteiger partial charge in [-0.3, -0.25) is 0 Å². The zero-order valence-corrected chi connectivity index (χ0v) is 11.8. The van der Waals surface area contributed by atoms with E-state index >= 15 is 0 Å². The summed E-state index contributed by atoms with van der Waals surface area (Å²) in [6.07, 6.45) is 0. The van der Waals surface area contributed by atoms with Crippen LogP contribution in [0.15, 0.2) is 11.7 Å². The van der Waals surface area contributed by atoms with Crippen molar-refractivity contribution in [2.75, 3.05) is 0 Å². The van der Waals surface area contributed by atoms with Crippen LogP contribution in [0, 0.1) is 25.5 Å². The molecule has 0 saturated carbocycles. The fourth-order valence-electron chi connectivity index (χ4n) is 3.11.